The number of nitrogens with one attached hydrogen (secondary N) is 2. The average molecular weight is 276 g/mol. The fourth-order valence-corrected chi connectivity index (χ4v) is 1.97. The monoisotopic (exact) mass is 276 g/mol. The number of carboxylic acids is 1. The molecule has 0 radical (unpaired) electrons. The molecule has 7 heteroatoms. The average Bonchev–Trinajstić information content (AvgIpc) is 2.27. The first kappa shape index (κ1) is 16.8. The molecule has 1 unspecified atom stereocenters. The van der Waals surface area contributed by atoms with Crippen LogP contribution in [0.15, 0.2) is 0 Å². The number of hydrogen-bond donors (Lipinski definition) is 3. The summed E-state index contributed by atoms with van der Waals surface area (Å²) in [6.07, 6.45) is 1.27. The topological polar surface area (TPSA) is 95.5 Å². The van der Waals surface area contributed by atoms with Crippen LogP contribution in [0.4, 0.5) is 0 Å². The summed E-state index contributed by atoms with van der Waals surface area (Å²) in [4.78, 5) is 32.2. The van der Waals surface area contributed by atoms with E-state index in [1.165, 1.54) is 11.8 Å². The second-order valence-electron chi connectivity index (χ2n) is 4.22. The van der Waals surface area contributed by atoms with Crippen molar-refractivity contribution in [1.82, 2.24) is 10.6 Å². The third kappa shape index (κ3) is 8.86. The SMILES string of the molecule is CC(C)CCNC(=O)CSCC(NC=O)C(=O)O. The van der Waals surface area contributed by atoms with Gasteiger partial charge in [-0.1, -0.05) is 13.8 Å². The third-order valence-corrected chi connectivity index (χ3v) is 3.16. The third-order valence-electron chi connectivity index (χ3n) is 2.13. The molecule has 0 aromatic carbocycles. The lowest BCUT2D eigenvalue weighted by Crippen LogP contribution is -2.38. The fourth-order valence-electron chi connectivity index (χ4n) is 1.09. The number of aliphatic carboxylic acids is 1. The number of amides is 2. The molecule has 0 heterocycles. The van der Waals surface area contributed by atoms with Crippen LogP contribution in [0.2, 0.25) is 0 Å². The molecule has 0 saturated carbocycles. The van der Waals surface area contributed by atoms with E-state index in [4.69, 9.17) is 5.11 Å². The highest BCUT2D eigenvalue weighted by Crippen LogP contribution is 2.03. The summed E-state index contributed by atoms with van der Waals surface area (Å²) in [7, 11) is 0. The van der Waals surface area contributed by atoms with Crippen LogP contribution in [0.3, 0.4) is 0 Å². The molecule has 18 heavy (non-hydrogen) atoms. The molecule has 0 aliphatic rings. The Bertz CT molecular complexity index is 284. The first-order valence-electron chi connectivity index (χ1n) is 5.74. The quantitative estimate of drug-likeness (QED) is 0.491. The summed E-state index contributed by atoms with van der Waals surface area (Å²) in [5.41, 5.74) is 0. The fraction of sp³-hybridized carbons (Fsp3) is 0.727. The van der Waals surface area contributed by atoms with Crippen molar-refractivity contribution in [3.05, 3.63) is 0 Å². The van der Waals surface area contributed by atoms with Gasteiger partial charge in [0.25, 0.3) is 0 Å². The van der Waals surface area contributed by atoms with Gasteiger partial charge in [0.05, 0.1) is 5.75 Å². The van der Waals surface area contributed by atoms with E-state index >= 15 is 0 Å². The Hall–Kier alpha value is -1.24. The number of carbonyl (C=O) groups is 3. The van der Waals surface area contributed by atoms with Gasteiger partial charge in [-0.3, -0.25) is 9.59 Å². The lowest BCUT2D eigenvalue weighted by atomic mass is 10.1. The smallest absolute Gasteiger partial charge is 0.327 e. The molecule has 104 valence electrons. The lowest BCUT2D eigenvalue weighted by molar-refractivity contribution is -0.139. The van der Waals surface area contributed by atoms with E-state index in [1.54, 1.807) is 0 Å². The van der Waals surface area contributed by atoms with Crippen molar-refractivity contribution in [2.45, 2.75) is 26.3 Å². The highest BCUT2D eigenvalue weighted by molar-refractivity contribution is 8.00. The molecule has 3 N–H and O–H groups in total. The highest BCUT2D eigenvalue weighted by atomic mass is 32.2. The summed E-state index contributed by atoms with van der Waals surface area (Å²) in [6, 6.07) is -0.948. The molecule has 0 aromatic rings. The van der Waals surface area contributed by atoms with E-state index in [1.807, 2.05) is 0 Å². The molecule has 6 nitrogen and oxygen atoms in total. The van der Waals surface area contributed by atoms with Gasteiger partial charge in [-0.15, -0.1) is 11.8 Å². The van der Waals surface area contributed by atoms with Gasteiger partial charge in [0.1, 0.15) is 6.04 Å². The van der Waals surface area contributed by atoms with Gasteiger partial charge < -0.3 is 15.7 Å². The number of thioether (sulfide) groups is 1. The first-order valence-corrected chi connectivity index (χ1v) is 6.89. The Balaban J connectivity index is 3.71. The molecule has 1 atom stereocenters. The van der Waals surface area contributed by atoms with Gasteiger partial charge in [0.2, 0.25) is 12.3 Å². The van der Waals surface area contributed by atoms with E-state index in [9.17, 15) is 14.4 Å². The van der Waals surface area contributed by atoms with Gasteiger partial charge in [-0.25, -0.2) is 4.79 Å². The standard InChI is InChI=1S/C11H20N2O4S/c1-8(2)3-4-12-10(15)6-18-5-9(11(16)17)13-7-14/h7-9H,3-6H2,1-2H3,(H,12,15)(H,13,14)(H,16,17). The molecule has 0 bridgehead atoms. The Morgan fingerprint density at radius 3 is 2.56 bits per heavy atom. The molecular formula is C11H20N2O4S. The summed E-state index contributed by atoms with van der Waals surface area (Å²) in [6.45, 7) is 4.78. The minimum Gasteiger partial charge on any atom is -0.480 e. The van der Waals surface area contributed by atoms with Gasteiger partial charge in [-0.2, -0.15) is 0 Å². The van der Waals surface area contributed by atoms with E-state index < -0.39 is 12.0 Å². The van der Waals surface area contributed by atoms with Crippen LogP contribution in [0.25, 0.3) is 0 Å². The second kappa shape index (κ2) is 9.76. The van der Waals surface area contributed by atoms with E-state index in [0.717, 1.165) is 6.42 Å². The van der Waals surface area contributed by atoms with Crippen LogP contribution in [-0.2, 0) is 14.4 Å². The molecule has 0 aliphatic heterocycles. The van der Waals surface area contributed by atoms with E-state index in [0.29, 0.717) is 18.9 Å². The molecule has 0 rings (SSSR count). The minimum absolute atomic E-state index is 0.115. The van der Waals surface area contributed by atoms with Crippen molar-refractivity contribution >= 4 is 30.0 Å². The van der Waals surface area contributed by atoms with Gasteiger partial charge in [0.15, 0.2) is 0 Å². The molecular weight excluding hydrogens is 256 g/mol. The number of carbonyl (C=O) groups excluding carboxylic acids is 2. The Morgan fingerprint density at radius 1 is 1.39 bits per heavy atom. The van der Waals surface area contributed by atoms with Gasteiger partial charge in [0, 0.05) is 12.3 Å². The molecule has 0 fully saturated rings. The normalized spacial score (nSPS) is 11.9. The maximum Gasteiger partial charge on any atom is 0.327 e. The van der Waals surface area contributed by atoms with Crippen molar-refractivity contribution in [1.29, 1.82) is 0 Å². The maximum absolute atomic E-state index is 11.4. The molecule has 0 spiro atoms. The predicted molar refractivity (Wildman–Crippen MR) is 70.4 cm³/mol. The lowest BCUT2D eigenvalue weighted by Gasteiger charge is -2.10. The second-order valence-corrected chi connectivity index (χ2v) is 5.25. The zero-order valence-corrected chi connectivity index (χ0v) is 11.5. The maximum atomic E-state index is 11.4. The van der Waals surface area contributed by atoms with Crippen molar-refractivity contribution in [2.75, 3.05) is 18.1 Å². The molecule has 0 aromatic heterocycles. The number of carboxylic acid groups (broad SMARTS) is 1. The largest absolute Gasteiger partial charge is 0.480 e. The molecule has 0 saturated heterocycles. The minimum atomic E-state index is -1.10. The van der Waals surface area contributed by atoms with Crippen molar-refractivity contribution in [2.24, 2.45) is 5.92 Å². The Morgan fingerprint density at radius 2 is 2.06 bits per heavy atom. The van der Waals surface area contributed by atoms with Crippen LogP contribution < -0.4 is 10.6 Å². The summed E-state index contributed by atoms with van der Waals surface area (Å²) < 4.78 is 0. The van der Waals surface area contributed by atoms with Crippen molar-refractivity contribution < 1.29 is 19.5 Å². The summed E-state index contributed by atoms with van der Waals surface area (Å²) >= 11 is 1.18. The highest BCUT2D eigenvalue weighted by Gasteiger charge is 2.16. The number of rotatable bonds is 10. The molecule has 0 aliphatic carbocycles. The van der Waals surface area contributed by atoms with Crippen LogP contribution >= 0.6 is 11.8 Å². The van der Waals surface area contributed by atoms with Gasteiger partial charge >= 0.3 is 5.97 Å². The van der Waals surface area contributed by atoms with Crippen LogP contribution in [0.1, 0.15) is 20.3 Å². The first-order chi connectivity index (χ1) is 8.47. The van der Waals surface area contributed by atoms with E-state index in [-0.39, 0.29) is 17.4 Å². The van der Waals surface area contributed by atoms with Crippen molar-refractivity contribution in [3.8, 4) is 0 Å². The summed E-state index contributed by atoms with van der Waals surface area (Å²) in [5, 5.41) is 13.7. The van der Waals surface area contributed by atoms with E-state index in [2.05, 4.69) is 24.5 Å². The predicted octanol–water partition coefficient (Wildman–Crippen LogP) is 0.0811. The Labute approximate surface area is 111 Å². The molecule has 2 amide bonds. The number of hydrogen-bond acceptors (Lipinski definition) is 4. The zero-order valence-electron chi connectivity index (χ0n) is 10.6. The van der Waals surface area contributed by atoms with Crippen LogP contribution in [0.5, 0.6) is 0 Å². The van der Waals surface area contributed by atoms with Crippen LogP contribution in [0, 0.1) is 5.92 Å². The Kier molecular flexibility index (Phi) is 9.08. The van der Waals surface area contributed by atoms with Crippen LogP contribution in [-0.4, -0.2) is 47.5 Å². The zero-order chi connectivity index (χ0) is 14.0. The summed E-state index contributed by atoms with van der Waals surface area (Å²) in [5.74, 6) is -0.314. The van der Waals surface area contributed by atoms with Gasteiger partial charge in [-0.05, 0) is 12.3 Å². The van der Waals surface area contributed by atoms with Crippen molar-refractivity contribution in [3.63, 3.8) is 0 Å².